The molecule has 1 aliphatic rings. The molecule has 0 amide bonds. The van der Waals surface area contributed by atoms with Crippen molar-refractivity contribution in [2.45, 2.75) is 19.1 Å². The highest BCUT2D eigenvalue weighted by atomic mass is 32.1. The van der Waals surface area contributed by atoms with Gasteiger partial charge >= 0.3 is 6.18 Å². The third kappa shape index (κ3) is 3.38. The van der Waals surface area contributed by atoms with Crippen molar-refractivity contribution in [2.75, 3.05) is 31.2 Å². The zero-order chi connectivity index (χ0) is 15.6. The van der Waals surface area contributed by atoms with E-state index >= 15 is 0 Å². The minimum absolute atomic E-state index is 0.215. The maximum atomic E-state index is 12.6. The summed E-state index contributed by atoms with van der Waals surface area (Å²) in [7, 11) is 0. The van der Waals surface area contributed by atoms with Gasteiger partial charge in [-0.1, -0.05) is 5.10 Å². The van der Waals surface area contributed by atoms with Crippen LogP contribution in [0, 0.1) is 0 Å². The Kier molecular flexibility index (Phi) is 4.30. The van der Waals surface area contributed by atoms with Gasteiger partial charge in [0.25, 0.3) is 0 Å². The molecular formula is C12H14F3N5OS. The van der Waals surface area contributed by atoms with Crippen molar-refractivity contribution >= 4 is 17.3 Å². The molecule has 1 aliphatic heterocycles. The largest absolute Gasteiger partial charge is 0.425 e. The standard InChI is InChI=1S/C12H14F3N5OS/c13-12(14,15)10-6-9(8-22-10)7-20-11(16-17-18-20)19-2-1-4-21-5-3-19/h6,8H,1-5,7H2. The van der Waals surface area contributed by atoms with Crippen LogP contribution >= 0.6 is 11.3 Å². The number of halogens is 3. The van der Waals surface area contributed by atoms with Gasteiger partial charge in [0, 0.05) is 19.7 Å². The Morgan fingerprint density at radius 1 is 1.27 bits per heavy atom. The van der Waals surface area contributed by atoms with E-state index in [1.807, 2.05) is 4.90 Å². The number of tetrazole rings is 1. The van der Waals surface area contributed by atoms with Crippen molar-refractivity contribution in [2.24, 2.45) is 0 Å². The minimum atomic E-state index is -4.31. The van der Waals surface area contributed by atoms with Crippen molar-refractivity contribution < 1.29 is 17.9 Å². The molecule has 2 aromatic rings. The minimum Gasteiger partial charge on any atom is -0.380 e. The molecular weight excluding hydrogens is 319 g/mol. The summed E-state index contributed by atoms with van der Waals surface area (Å²) in [5, 5.41) is 13.0. The molecule has 0 atom stereocenters. The first kappa shape index (κ1) is 15.2. The average molecular weight is 333 g/mol. The number of aromatic nitrogens is 4. The van der Waals surface area contributed by atoms with Gasteiger partial charge in [0.1, 0.15) is 4.88 Å². The first-order valence-corrected chi connectivity index (χ1v) is 7.65. The fraction of sp³-hybridized carbons (Fsp3) is 0.583. The summed E-state index contributed by atoms with van der Waals surface area (Å²) < 4.78 is 44.8. The summed E-state index contributed by atoms with van der Waals surface area (Å²) in [4.78, 5) is 1.38. The highest BCUT2D eigenvalue weighted by molar-refractivity contribution is 7.10. The lowest BCUT2D eigenvalue weighted by Gasteiger charge is -2.19. The van der Waals surface area contributed by atoms with Gasteiger partial charge in [-0.15, -0.1) is 11.3 Å². The summed E-state index contributed by atoms with van der Waals surface area (Å²) in [5.74, 6) is 0.560. The molecule has 22 heavy (non-hydrogen) atoms. The summed E-state index contributed by atoms with van der Waals surface area (Å²) in [6, 6.07) is 1.14. The Morgan fingerprint density at radius 3 is 2.91 bits per heavy atom. The lowest BCUT2D eigenvalue weighted by molar-refractivity contribution is -0.134. The molecule has 1 saturated heterocycles. The topological polar surface area (TPSA) is 56.1 Å². The molecule has 0 aliphatic carbocycles. The quantitative estimate of drug-likeness (QED) is 0.860. The molecule has 120 valence electrons. The van der Waals surface area contributed by atoms with Crippen molar-refractivity contribution in [3.05, 3.63) is 21.9 Å². The lowest BCUT2D eigenvalue weighted by atomic mass is 10.3. The predicted octanol–water partition coefficient (Wildman–Crippen LogP) is 2.03. The zero-order valence-electron chi connectivity index (χ0n) is 11.6. The highest BCUT2D eigenvalue weighted by Crippen LogP contribution is 2.34. The average Bonchev–Trinajstić information content (AvgIpc) is 3.03. The van der Waals surface area contributed by atoms with Crippen LogP contribution in [0.4, 0.5) is 19.1 Å². The Hall–Kier alpha value is -1.68. The number of hydrogen-bond donors (Lipinski definition) is 0. The number of rotatable bonds is 3. The molecule has 0 saturated carbocycles. The second-order valence-corrected chi connectivity index (χ2v) is 5.82. The van der Waals surface area contributed by atoms with Crippen LogP contribution in [-0.4, -0.2) is 46.5 Å². The first-order valence-electron chi connectivity index (χ1n) is 6.77. The number of hydrogen-bond acceptors (Lipinski definition) is 6. The molecule has 0 aromatic carbocycles. The molecule has 3 rings (SSSR count). The Morgan fingerprint density at radius 2 is 2.14 bits per heavy atom. The maximum Gasteiger partial charge on any atom is 0.425 e. The molecule has 3 heterocycles. The number of alkyl halides is 3. The van der Waals surface area contributed by atoms with E-state index in [9.17, 15) is 13.2 Å². The number of thiophene rings is 1. The van der Waals surface area contributed by atoms with E-state index in [2.05, 4.69) is 15.5 Å². The normalized spacial score (nSPS) is 16.8. The molecule has 0 unspecified atom stereocenters. The smallest absolute Gasteiger partial charge is 0.380 e. The van der Waals surface area contributed by atoms with Crippen LogP contribution in [0.1, 0.15) is 16.9 Å². The van der Waals surface area contributed by atoms with Gasteiger partial charge in [0.2, 0.25) is 5.95 Å². The van der Waals surface area contributed by atoms with Crippen LogP contribution in [-0.2, 0) is 17.5 Å². The fourth-order valence-corrected chi connectivity index (χ4v) is 3.03. The summed E-state index contributed by atoms with van der Waals surface area (Å²) >= 11 is 0.683. The highest BCUT2D eigenvalue weighted by Gasteiger charge is 2.32. The van der Waals surface area contributed by atoms with Crippen molar-refractivity contribution in [3.8, 4) is 0 Å². The van der Waals surface area contributed by atoms with Crippen molar-refractivity contribution in [3.63, 3.8) is 0 Å². The van der Waals surface area contributed by atoms with Crippen LogP contribution < -0.4 is 4.90 Å². The van der Waals surface area contributed by atoms with Crippen LogP contribution in [0.25, 0.3) is 0 Å². The molecule has 6 nitrogen and oxygen atoms in total. The van der Waals surface area contributed by atoms with Crippen LogP contribution in [0.15, 0.2) is 11.4 Å². The van der Waals surface area contributed by atoms with Gasteiger partial charge < -0.3 is 9.64 Å². The molecule has 0 N–H and O–H groups in total. The Bertz CT molecular complexity index is 618. The molecule has 10 heteroatoms. The molecule has 0 radical (unpaired) electrons. The second-order valence-electron chi connectivity index (χ2n) is 4.91. The van der Waals surface area contributed by atoms with Crippen LogP contribution in [0.5, 0.6) is 0 Å². The van der Waals surface area contributed by atoms with Crippen molar-refractivity contribution in [1.29, 1.82) is 0 Å². The first-order chi connectivity index (χ1) is 10.5. The summed E-state index contributed by atoms with van der Waals surface area (Å²) in [6.45, 7) is 2.92. The van der Waals surface area contributed by atoms with E-state index in [1.54, 1.807) is 0 Å². The van der Waals surface area contributed by atoms with Crippen LogP contribution in [0.2, 0.25) is 0 Å². The Labute approximate surface area is 128 Å². The SMILES string of the molecule is FC(F)(F)c1cc(Cn2nnnc2N2CCCOCC2)cs1. The van der Waals surface area contributed by atoms with E-state index in [1.165, 1.54) is 10.1 Å². The van der Waals surface area contributed by atoms with E-state index in [-0.39, 0.29) is 6.54 Å². The lowest BCUT2D eigenvalue weighted by Crippen LogP contribution is -2.29. The van der Waals surface area contributed by atoms with Gasteiger partial charge in [0.05, 0.1) is 13.2 Å². The van der Waals surface area contributed by atoms with E-state index < -0.39 is 11.1 Å². The summed E-state index contributed by atoms with van der Waals surface area (Å²) in [5.41, 5.74) is 0.539. The Balaban J connectivity index is 1.76. The van der Waals surface area contributed by atoms with Gasteiger partial charge in [-0.25, -0.2) is 4.68 Å². The van der Waals surface area contributed by atoms with Gasteiger partial charge in [0.15, 0.2) is 0 Å². The second kappa shape index (κ2) is 6.21. The molecule has 2 aromatic heterocycles. The van der Waals surface area contributed by atoms with E-state index in [4.69, 9.17) is 4.74 Å². The fourth-order valence-electron chi connectivity index (χ4n) is 2.25. The third-order valence-corrected chi connectivity index (χ3v) is 4.31. The van der Waals surface area contributed by atoms with E-state index in [0.29, 0.717) is 42.6 Å². The van der Waals surface area contributed by atoms with E-state index in [0.717, 1.165) is 19.0 Å². The maximum absolute atomic E-state index is 12.6. The molecule has 0 bridgehead atoms. The van der Waals surface area contributed by atoms with Crippen LogP contribution in [0.3, 0.4) is 0 Å². The predicted molar refractivity (Wildman–Crippen MR) is 73.9 cm³/mol. The zero-order valence-corrected chi connectivity index (χ0v) is 12.4. The summed E-state index contributed by atoms with van der Waals surface area (Å²) in [6.07, 6.45) is -3.45. The number of ether oxygens (including phenoxy) is 1. The van der Waals surface area contributed by atoms with Gasteiger partial charge in [-0.2, -0.15) is 13.2 Å². The third-order valence-electron chi connectivity index (χ3n) is 3.28. The number of anilines is 1. The monoisotopic (exact) mass is 333 g/mol. The van der Waals surface area contributed by atoms with Crippen molar-refractivity contribution in [1.82, 2.24) is 20.2 Å². The molecule has 0 spiro atoms. The van der Waals surface area contributed by atoms with Gasteiger partial charge in [-0.3, -0.25) is 0 Å². The number of nitrogens with zero attached hydrogens (tertiary/aromatic N) is 5. The molecule has 1 fully saturated rings. The van der Waals surface area contributed by atoms with Gasteiger partial charge in [-0.05, 0) is 33.9 Å².